The first-order valence-corrected chi connectivity index (χ1v) is 14.1. The van der Waals surface area contributed by atoms with Gasteiger partial charge >= 0.3 is 12.1 Å². The normalized spacial score (nSPS) is 11.1. The molecule has 0 unspecified atom stereocenters. The van der Waals surface area contributed by atoms with Crippen molar-refractivity contribution in [3.8, 4) is 22.5 Å². The number of hydrogen-bond donors (Lipinski definition) is 5. The Kier molecular flexibility index (Phi) is 8.35. The lowest BCUT2D eigenvalue weighted by atomic mass is 10.1. The number of para-hydroxylation sites is 1. The number of carboxylic acids is 1. The van der Waals surface area contributed by atoms with Crippen molar-refractivity contribution in [2.24, 2.45) is 0 Å². The van der Waals surface area contributed by atoms with Gasteiger partial charge in [-0.2, -0.15) is 13.2 Å². The Balaban J connectivity index is 1.24. The van der Waals surface area contributed by atoms with Gasteiger partial charge in [0.1, 0.15) is 0 Å². The maximum absolute atomic E-state index is 13.2. The molecule has 4 aromatic carbocycles. The zero-order valence-electron chi connectivity index (χ0n) is 24.3. The molecule has 0 atom stereocenters. The lowest BCUT2D eigenvalue weighted by Gasteiger charge is -2.15. The molecule has 6 N–H and O–H groups in total. The van der Waals surface area contributed by atoms with Crippen LogP contribution in [0.1, 0.15) is 15.9 Å². The maximum atomic E-state index is 13.2. The zero-order valence-corrected chi connectivity index (χ0v) is 24.3. The smallest absolute Gasteiger partial charge is 0.416 e. The van der Waals surface area contributed by atoms with E-state index in [1.165, 1.54) is 30.5 Å². The van der Waals surface area contributed by atoms with E-state index in [2.05, 4.69) is 35.9 Å². The van der Waals surface area contributed by atoms with E-state index in [1.807, 2.05) is 36.4 Å². The SMILES string of the molecule is Nc1ccc(Nc2ccccc2-c2ccnc(Nc3cccc(C(F)(F)F)c3)n2)cc1-c1ccnc(Nc2ccc(C(=O)O)cc2)n1. The minimum atomic E-state index is -4.47. The Morgan fingerprint density at radius 3 is 1.96 bits per heavy atom. The lowest BCUT2D eigenvalue weighted by molar-refractivity contribution is -0.137. The number of rotatable bonds is 9. The fraction of sp³-hybridized carbons (Fsp3) is 0.0294. The molecule has 47 heavy (non-hydrogen) atoms. The molecule has 234 valence electrons. The molecule has 6 aromatic rings. The molecule has 0 radical (unpaired) electrons. The summed E-state index contributed by atoms with van der Waals surface area (Å²) in [5, 5.41) is 18.5. The molecule has 0 bridgehead atoms. The van der Waals surface area contributed by atoms with Gasteiger partial charge in [-0.15, -0.1) is 0 Å². The van der Waals surface area contributed by atoms with E-state index in [0.29, 0.717) is 45.6 Å². The number of halogens is 3. The van der Waals surface area contributed by atoms with E-state index >= 15 is 0 Å². The van der Waals surface area contributed by atoms with Crippen LogP contribution in [-0.4, -0.2) is 31.0 Å². The van der Waals surface area contributed by atoms with Gasteiger partial charge in [-0.3, -0.25) is 0 Å². The number of carboxylic acid groups (broad SMARTS) is 1. The van der Waals surface area contributed by atoms with Crippen LogP contribution in [0.25, 0.3) is 22.5 Å². The van der Waals surface area contributed by atoms with Crippen LogP contribution >= 0.6 is 0 Å². The first-order chi connectivity index (χ1) is 22.6. The van der Waals surface area contributed by atoms with E-state index in [-0.39, 0.29) is 17.2 Å². The molecule has 0 aliphatic rings. The summed E-state index contributed by atoms with van der Waals surface area (Å²) in [6.07, 6.45) is -1.36. The molecular formula is C34H25F3N8O2. The molecule has 2 aromatic heterocycles. The summed E-state index contributed by atoms with van der Waals surface area (Å²) < 4.78 is 39.6. The second-order valence-electron chi connectivity index (χ2n) is 10.2. The maximum Gasteiger partial charge on any atom is 0.416 e. The second-order valence-corrected chi connectivity index (χ2v) is 10.2. The highest BCUT2D eigenvalue weighted by atomic mass is 19.4. The van der Waals surface area contributed by atoms with Gasteiger partial charge in [-0.25, -0.2) is 24.7 Å². The number of hydrogen-bond acceptors (Lipinski definition) is 9. The Morgan fingerprint density at radius 1 is 0.660 bits per heavy atom. The number of nitrogens with zero attached hydrogens (tertiary/aromatic N) is 4. The quantitative estimate of drug-likeness (QED) is 0.0986. The van der Waals surface area contributed by atoms with Crippen LogP contribution in [0, 0.1) is 0 Å². The van der Waals surface area contributed by atoms with Gasteiger partial charge in [0.15, 0.2) is 0 Å². The zero-order chi connectivity index (χ0) is 33.0. The largest absolute Gasteiger partial charge is 0.478 e. The van der Waals surface area contributed by atoms with Crippen molar-refractivity contribution in [1.82, 2.24) is 19.9 Å². The molecule has 0 spiro atoms. The molecule has 0 fully saturated rings. The van der Waals surface area contributed by atoms with Crippen LogP contribution in [0.4, 0.5) is 53.5 Å². The van der Waals surface area contributed by atoms with Crippen LogP contribution in [0.3, 0.4) is 0 Å². The van der Waals surface area contributed by atoms with E-state index in [0.717, 1.165) is 17.7 Å². The van der Waals surface area contributed by atoms with E-state index in [9.17, 15) is 18.0 Å². The fourth-order valence-corrected chi connectivity index (χ4v) is 4.69. The van der Waals surface area contributed by atoms with Crippen molar-refractivity contribution in [2.45, 2.75) is 6.18 Å². The predicted molar refractivity (Wildman–Crippen MR) is 174 cm³/mol. The van der Waals surface area contributed by atoms with Gasteiger partial charge < -0.3 is 26.8 Å². The van der Waals surface area contributed by atoms with Gasteiger partial charge in [0.2, 0.25) is 11.9 Å². The van der Waals surface area contributed by atoms with Crippen molar-refractivity contribution in [3.05, 3.63) is 127 Å². The number of aromatic carboxylic acids is 1. The molecule has 2 heterocycles. The monoisotopic (exact) mass is 634 g/mol. The van der Waals surface area contributed by atoms with E-state index < -0.39 is 17.7 Å². The number of nitrogen functional groups attached to an aromatic ring is 1. The minimum absolute atomic E-state index is 0.136. The second kappa shape index (κ2) is 12.9. The Hall–Kier alpha value is -6.50. The molecule has 13 heteroatoms. The first-order valence-electron chi connectivity index (χ1n) is 14.1. The Morgan fingerprint density at radius 2 is 1.28 bits per heavy atom. The number of alkyl halides is 3. The van der Waals surface area contributed by atoms with E-state index in [1.54, 1.807) is 36.5 Å². The molecule has 6 rings (SSSR count). The fourth-order valence-electron chi connectivity index (χ4n) is 4.69. The molecule has 0 saturated heterocycles. The highest BCUT2D eigenvalue weighted by Crippen LogP contribution is 2.34. The van der Waals surface area contributed by atoms with Crippen molar-refractivity contribution >= 4 is 46.3 Å². The van der Waals surface area contributed by atoms with Gasteiger partial charge in [0.05, 0.1) is 22.5 Å². The molecule has 0 amide bonds. The van der Waals surface area contributed by atoms with Crippen LogP contribution < -0.4 is 21.7 Å². The molecule has 0 saturated carbocycles. The molecule has 10 nitrogen and oxygen atoms in total. The van der Waals surface area contributed by atoms with Crippen molar-refractivity contribution < 1.29 is 23.1 Å². The summed E-state index contributed by atoms with van der Waals surface area (Å²) >= 11 is 0. The van der Waals surface area contributed by atoms with Gasteiger partial charge in [0.25, 0.3) is 0 Å². The third kappa shape index (κ3) is 7.26. The highest BCUT2D eigenvalue weighted by Gasteiger charge is 2.30. The Labute approximate surface area is 266 Å². The number of nitrogens with one attached hydrogen (secondary N) is 3. The van der Waals surface area contributed by atoms with Crippen LogP contribution in [0.5, 0.6) is 0 Å². The average molecular weight is 635 g/mol. The van der Waals surface area contributed by atoms with Crippen molar-refractivity contribution in [3.63, 3.8) is 0 Å². The van der Waals surface area contributed by atoms with Crippen molar-refractivity contribution in [1.29, 1.82) is 0 Å². The summed E-state index contributed by atoms with van der Waals surface area (Å²) in [5.41, 5.74) is 10.9. The van der Waals surface area contributed by atoms with Crippen LogP contribution in [-0.2, 0) is 6.18 Å². The summed E-state index contributed by atoms with van der Waals surface area (Å²) in [6.45, 7) is 0. The molecule has 0 aliphatic heterocycles. The van der Waals surface area contributed by atoms with Gasteiger partial charge in [-0.05, 0) is 78.9 Å². The number of carbonyl (C=O) groups is 1. The van der Waals surface area contributed by atoms with E-state index in [4.69, 9.17) is 10.8 Å². The van der Waals surface area contributed by atoms with Gasteiger partial charge in [-0.1, -0.05) is 24.3 Å². The van der Waals surface area contributed by atoms with Crippen molar-refractivity contribution in [2.75, 3.05) is 21.7 Å². The minimum Gasteiger partial charge on any atom is -0.478 e. The Bertz CT molecular complexity index is 2070. The third-order valence-electron chi connectivity index (χ3n) is 6.96. The van der Waals surface area contributed by atoms with Crippen LogP contribution in [0.15, 0.2) is 116 Å². The van der Waals surface area contributed by atoms with Gasteiger partial charge in [0, 0.05) is 52.0 Å². The molecular weight excluding hydrogens is 609 g/mol. The number of aromatic nitrogens is 4. The summed E-state index contributed by atoms with van der Waals surface area (Å²) in [7, 11) is 0. The number of anilines is 7. The van der Waals surface area contributed by atoms with Crippen LogP contribution in [0.2, 0.25) is 0 Å². The average Bonchev–Trinajstić information content (AvgIpc) is 3.06. The standard InChI is InChI=1S/C34H25F3N8O2/c35-34(36,37)21-4-3-5-23(18-21)43-33-40-16-14-29(44-33)25-6-1-2-7-28(25)41-24-12-13-27(38)26(19-24)30-15-17-39-32(45-30)42-22-10-8-20(9-11-22)31(46)47/h1-19,41H,38H2,(H,46,47)(H,39,42,45)(H,40,43,44). The summed E-state index contributed by atoms with van der Waals surface area (Å²) in [5.74, 6) is -0.585. The highest BCUT2D eigenvalue weighted by molar-refractivity contribution is 5.88. The first kappa shape index (κ1) is 30.5. The predicted octanol–water partition coefficient (Wildman–Crippen LogP) is 8.13. The third-order valence-corrected chi connectivity index (χ3v) is 6.96. The topological polar surface area (TPSA) is 151 Å². The summed E-state index contributed by atoms with van der Waals surface area (Å²) in [6, 6.07) is 27.3. The number of benzene rings is 4. The number of nitrogens with two attached hydrogens (primary N) is 1. The lowest BCUT2D eigenvalue weighted by Crippen LogP contribution is -2.06. The molecule has 0 aliphatic carbocycles. The summed E-state index contributed by atoms with van der Waals surface area (Å²) in [4.78, 5) is 28.8.